The van der Waals surface area contributed by atoms with Gasteiger partial charge >= 0.3 is 11.9 Å². The summed E-state index contributed by atoms with van der Waals surface area (Å²) in [6, 6.07) is 5.27. The van der Waals surface area contributed by atoms with Gasteiger partial charge in [-0.3, -0.25) is 9.59 Å². The van der Waals surface area contributed by atoms with Crippen molar-refractivity contribution in [2.75, 3.05) is 27.9 Å². The molecule has 33 heavy (non-hydrogen) atoms. The van der Waals surface area contributed by atoms with E-state index in [-0.39, 0.29) is 18.3 Å². The van der Waals surface area contributed by atoms with Crippen LogP contribution in [0, 0.1) is 11.8 Å². The number of ketones is 1. The molecule has 178 valence electrons. The van der Waals surface area contributed by atoms with Gasteiger partial charge in [-0.15, -0.1) is 0 Å². The number of methoxy groups -OCH3 is 3. The number of dihydropyridines is 1. The monoisotopic (exact) mass is 457 g/mol. The average Bonchev–Trinajstić information content (AvgIpc) is 2.80. The summed E-state index contributed by atoms with van der Waals surface area (Å²) in [5.74, 6) is -2.35. The summed E-state index contributed by atoms with van der Waals surface area (Å²) in [7, 11) is 4.33. The highest BCUT2D eigenvalue weighted by atomic mass is 16.5. The molecule has 3 atom stereocenters. The van der Waals surface area contributed by atoms with E-state index in [0.717, 1.165) is 0 Å². The van der Waals surface area contributed by atoms with E-state index in [4.69, 9.17) is 18.9 Å². The highest BCUT2D eigenvalue weighted by molar-refractivity contribution is 6.12. The molecule has 1 N–H and O–H groups in total. The molecule has 1 aliphatic heterocycles. The van der Waals surface area contributed by atoms with Crippen LogP contribution in [0.25, 0.3) is 0 Å². The van der Waals surface area contributed by atoms with Crippen molar-refractivity contribution in [3.8, 4) is 11.5 Å². The minimum Gasteiger partial charge on any atom is -0.493 e. The molecule has 1 aliphatic carbocycles. The Morgan fingerprint density at radius 1 is 1.12 bits per heavy atom. The van der Waals surface area contributed by atoms with E-state index in [1.165, 1.54) is 21.3 Å². The van der Waals surface area contributed by atoms with E-state index in [0.29, 0.717) is 52.4 Å². The highest BCUT2D eigenvalue weighted by Crippen LogP contribution is 2.46. The highest BCUT2D eigenvalue weighted by Gasteiger charge is 2.47. The zero-order valence-electron chi connectivity index (χ0n) is 19.9. The molecule has 1 heterocycles. The zero-order chi connectivity index (χ0) is 24.3. The maximum Gasteiger partial charge on any atom is 0.336 e. The summed E-state index contributed by atoms with van der Waals surface area (Å²) < 4.78 is 21.2. The molecular weight excluding hydrogens is 426 g/mol. The molecule has 0 unspecified atom stereocenters. The molecule has 0 saturated carbocycles. The van der Waals surface area contributed by atoms with Crippen LogP contribution in [0.3, 0.4) is 0 Å². The van der Waals surface area contributed by atoms with Crippen LogP contribution in [0.1, 0.15) is 45.1 Å². The minimum atomic E-state index is -0.940. The topological polar surface area (TPSA) is 100 Å². The number of rotatable bonds is 7. The SMILES string of the molecule is CCCOC(=O)C1=C(C)NC2=C(C(=O)[C@H](C(=O)OC)[C@@H](C)C2)[C@H]1c1ccc(OC)c(OC)c1. The van der Waals surface area contributed by atoms with Crippen LogP contribution in [0.4, 0.5) is 0 Å². The van der Waals surface area contributed by atoms with E-state index >= 15 is 0 Å². The number of benzene rings is 1. The first-order valence-electron chi connectivity index (χ1n) is 11.0. The lowest BCUT2D eigenvalue weighted by atomic mass is 9.69. The molecule has 0 fully saturated rings. The number of ether oxygens (including phenoxy) is 4. The standard InChI is InChI=1S/C25H31NO7/c1-7-10-33-25(29)20-14(3)26-16-11-13(2)19(24(28)32-6)23(27)22(16)21(20)15-8-9-17(30-4)18(12-15)31-5/h8-9,12-13,19,21,26H,7,10-11H2,1-6H3/t13-,19+,21-/m0/s1. The molecule has 0 radical (unpaired) electrons. The third kappa shape index (κ3) is 4.47. The number of Topliss-reactive ketones (excluding diaryl/α,β-unsaturated/α-hetero) is 1. The van der Waals surface area contributed by atoms with Gasteiger partial charge in [-0.2, -0.15) is 0 Å². The van der Waals surface area contributed by atoms with Gasteiger partial charge in [-0.05, 0) is 43.4 Å². The molecule has 8 heteroatoms. The lowest BCUT2D eigenvalue weighted by molar-refractivity contribution is -0.151. The largest absolute Gasteiger partial charge is 0.493 e. The number of carbonyl (C=O) groups is 3. The van der Waals surface area contributed by atoms with Crippen LogP contribution in [-0.4, -0.2) is 45.7 Å². The number of carbonyl (C=O) groups excluding carboxylic acids is 3. The van der Waals surface area contributed by atoms with Gasteiger partial charge in [0.2, 0.25) is 0 Å². The molecule has 8 nitrogen and oxygen atoms in total. The fraction of sp³-hybridized carbons (Fsp3) is 0.480. The third-order valence-corrected chi connectivity index (χ3v) is 6.14. The Balaban J connectivity index is 2.20. The van der Waals surface area contributed by atoms with Crippen LogP contribution in [-0.2, 0) is 23.9 Å². The Hall–Kier alpha value is -3.29. The van der Waals surface area contributed by atoms with Crippen molar-refractivity contribution in [2.24, 2.45) is 11.8 Å². The Kier molecular flexibility index (Phi) is 7.46. The lowest BCUT2D eigenvalue weighted by Gasteiger charge is -2.38. The summed E-state index contributed by atoms with van der Waals surface area (Å²) in [6.45, 7) is 5.81. The Morgan fingerprint density at radius 2 is 1.82 bits per heavy atom. The first kappa shape index (κ1) is 24.4. The summed E-state index contributed by atoms with van der Waals surface area (Å²) in [4.78, 5) is 39.3. The van der Waals surface area contributed by atoms with Gasteiger partial charge in [-0.25, -0.2) is 4.79 Å². The first-order chi connectivity index (χ1) is 15.8. The molecule has 0 amide bonds. The number of allylic oxidation sites excluding steroid dienone is 3. The molecule has 1 aromatic rings. The van der Waals surface area contributed by atoms with Crippen molar-refractivity contribution in [3.63, 3.8) is 0 Å². The molecule has 1 aromatic carbocycles. The van der Waals surface area contributed by atoms with Gasteiger partial charge < -0.3 is 24.3 Å². The van der Waals surface area contributed by atoms with Gasteiger partial charge in [0.15, 0.2) is 17.3 Å². The van der Waals surface area contributed by atoms with Gasteiger partial charge in [0.1, 0.15) is 5.92 Å². The van der Waals surface area contributed by atoms with Crippen molar-refractivity contribution >= 4 is 17.7 Å². The maximum absolute atomic E-state index is 13.7. The van der Waals surface area contributed by atoms with E-state index in [1.807, 2.05) is 13.8 Å². The zero-order valence-corrected chi connectivity index (χ0v) is 19.9. The van der Waals surface area contributed by atoms with Crippen LogP contribution in [0.15, 0.2) is 40.7 Å². The molecule has 2 aliphatic rings. The quantitative estimate of drug-likeness (QED) is 0.492. The Morgan fingerprint density at radius 3 is 2.42 bits per heavy atom. The summed E-state index contributed by atoms with van der Waals surface area (Å²) in [5.41, 5.74) is 2.70. The van der Waals surface area contributed by atoms with Crippen LogP contribution in [0.5, 0.6) is 11.5 Å². The minimum absolute atomic E-state index is 0.247. The van der Waals surface area contributed by atoms with Crippen molar-refractivity contribution in [1.82, 2.24) is 5.32 Å². The van der Waals surface area contributed by atoms with Crippen molar-refractivity contribution in [3.05, 3.63) is 46.3 Å². The average molecular weight is 458 g/mol. The van der Waals surface area contributed by atoms with Crippen LogP contribution in [0.2, 0.25) is 0 Å². The number of esters is 2. The van der Waals surface area contributed by atoms with Crippen molar-refractivity contribution in [1.29, 1.82) is 0 Å². The molecular formula is C25H31NO7. The van der Waals surface area contributed by atoms with Crippen LogP contribution < -0.4 is 14.8 Å². The fourth-order valence-electron chi connectivity index (χ4n) is 4.59. The fourth-order valence-corrected chi connectivity index (χ4v) is 4.59. The second-order valence-electron chi connectivity index (χ2n) is 8.29. The van der Waals surface area contributed by atoms with E-state index in [2.05, 4.69) is 5.32 Å². The molecule has 0 bridgehead atoms. The number of hydrogen-bond acceptors (Lipinski definition) is 8. The lowest BCUT2D eigenvalue weighted by Crippen LogP contribution is -2.43. The molecule has 0 spiro atoms. The van der Waals surface area contributed by atoms with Crippen molar-refractivity contribution in [2.45, 2.75) is 39.5 Å². The van der Waals surface area contributed by atoms with E-state index in [1.54, 1.807) is 25.1 Å². The van der Waals surface area contributed by atoms with E-state index in [9.17, 15) is 14.4 Å². The third-order valence-electron chi connectivity index (χ3n) is 6.14. The summed E-state index contributed by atoms with van der Waals surface area (Å²) >= 11 is 0. The number of hydrogen-bond donors (Lipinski definition) is 1. The molecule has 0 aromatic heterocycles. The Labute approximate surface area is 193 Å². The van der Waals surface area contributed by atoms with Crippen molar-refractivity contribution < 1.29 is 33.3 Å². The molecule has 0 saturated heterocycles. The van der Waals surface area contributed by atoms with Gasteiger partial charge in [0.05, 0.1) is 33.5 Å². The summed E-state index contributed by atoms with van der Waals surface area (Å²) in [5, 5.41) is 3.24. The summed E-state index contributed by atoms with van der Waals surface area (Å²) in [6.07, 6.45) is 1.14. The van der Waals surface area contributed by atoms with E-state index < -0.39 is 23.8 Å². The predicted octanol–water partition coefficient (Wildman–Crippen LogP) is 3.27. The Bertz CT molecular complexity index is 1020. The first-order valence-corrected chi connectivity index (χ1v) is 11.0. The normalized spacial score (nSPS) is 22.4. The second-order valence-corrected chi connectivity index (χ2v) is 8.29. The van der Waals surface area contributed by atoms with Gasteiger partial charge in [0, 0.05) is 22.9 Å². The smallest absolute Gasteiger partial charge is 0.336 e. The predicted molar refractivity (Wildman–Crippen MR) is 121 cm³/mol. The molecule has 3 rings (SSSR count). The van der Waals surface area contributed by atoms with Gasteiger partial charge in [0.25, 0.3) is 0 Å². The number of nitrogens with one attached hydrogen (secondary N) is 1. The van der Waals surface area contributed by atoms with Crippen LogP contribution >= 0.6 is 0 Å². The maximum atomic E-state index is 13.7. The second kappa shape index (κ2) is 10.1. The van der Waals surface area contributed by atoms with Gasteiger partial charge in [-0.1, -0.05) is 19.9 Å².